The van der Waals surface area contributed by atoms with Crippen LogP contribution >= 0.6 is 46.4 Å². The second-order valence-electron chi connectivity index (χ2n) is 8.61. The normalized spacial score (nSPS) is 12.5. The van der Waals surface area contributed by atoms with Gasteiger partial charge in [0.1, 0.15) is 11.8 Å². The molecule has 0 aliphatic heterocycles. The second kappa shape index (κ2) is 13.9. The minimum Gasteiger partial charge on any atom is -0.482 e. The Hall–Kier alpha value is -2.44. The molecule has 5 nitrogen and oxygen atoms in total. The summed E-state index contributed by atoms with van der Waals surface area (Å²) in [6.45, 7) is 3.55. The lowest BCUT2D eigenvalue weighted by atomic mass is 10.0. The predicted molar refractivity (Wildman–Crippen MR) is 151 cm³/mol. The zero-order valence-corrected chi connectivity index (χ0v) is 23.5. The van der Waals surface area contributed by atoms with Crippen molar-refractivity contribution in [3.8, 4) is 5.75 Å². The average molecular weight is 582 g/mol. The molecule has 3 aromatic carbocycles. The van der Waals surface area contributed by atoms with Crippen molar-refractivity contribution in [3.63, 3.8) is 0 Å². The van der Waals surface area contributed by atoms with Crippen LogP contribution in [0, 0.1) is 0 Å². The molecule has 3 rings (SSSR count). The van der Waals surface area contributed by atoms with E-state index in [1.54, 1.807) is 30.3 Å². The first-order valence-electron chi connectivity index (χ1n) is 11.8. The molecular weight excluding hydrogens is 554 g/mol. The van der Waals surface area contributed by atoms with E-state index in [1.165, 1.54) is 11.0 Å². The van der Waals surface area contributed by atoms with Crippen molar-refractivity contribution in [1.82, 2.24) is 10.2 Å². The van der Waals surface area contributed by atoms with E-state index in [0.717, 1.165) is 12.0 Å². The largest absolute Gasteiger partial charge is 0.482 e. The topological polar surface area (TPSA) is 58.6 Å². The van der Waals surface area contributed by atoms with Gasteiger partial charge in [-0.3, -0.25) is 9.59 Å². The maximum absolute atomic E-state index is 13.7. The van der Waals surface area contributed by atoms with Crippen LogP contribution in [0.5, 0.6) is 5.75 Å². The van der Waals surface area contributed by atoms with Crippen molar-refractivity contribution in [2.45, 2.75) is 45.3 Å². The number of carbonyl (C=O) groups is 2. The first-order valence-corrected chi connectivity index (χ1v) is 13.3. The van der Waals surface area contributed by atoms with Gasteiger partial charge >= 0.3 is 0 Å². The molecule has 0 spiro atoms. The van der Waals surface area contributed by atoms with Crippen molar-refractivity contribution in [1.29, 1.82) is 0 Å². The molecule has 0 saturated carbocycles. The summed E-state index contributed by atoms with van der Waals surface area (Å²) in [5, 5.41) is 4.53. The van der Waals surface area contributed by atoms with Crippen LogP contribution in [-0.4, -0.2) is 35.4 Å². The van der Waals surface area contributed by atoms with Crippen molar-refractivity contribution in [2.24, 2.45) is 0 Å². The summed E-state index contributed by atoms with van der Waals surface area (Å²) in [5.74, 6) is -0.403. The molecule has 9 heteroatoms. The van der Waals surface area contributed by atoms with Gasteiger partial charge in [-0.1, -0.05) is 89.7 Å². The molecule has 0 aromatic heterocycles. The first kappa shape index (κ1) is 29.1. The van der Waals surface area contributed by atoms with E-state index in [1.807, 2.05) is 44.2 Å². The maximum Gasteiger partial charge on any atom is 0.261 e. The number of hydrogen-bond donors (Lipinski definition) is 1. The average Bonchev–Trinajstić information content (AvgIpc) is 2.87. The fraction of sp³-hybridized carbons (Fsp3) is 0.286. The number of carbonyl (C=O) groups excluding carboxylic acids is 2. The molecule has 0 saturated heterocycles. The molecule has 0 radical (unpaired) electrons. The van der Waals surface area contributed by atoms with Crippen LogP contribution in [0.2, 0.25) is 20.1 Å². The van der Waals surface area contributed by atoms with Gasteiger partial charge in [0.25, 0.3) is 5.91 Å². The smallest absolute Gasteiger partial charge is 0.261 e. The predicted octanol–water partition coefficient (Wildman–Crippen LogP) is 7.23. The molecule has 196 valence electrons. The molecule has 37 heavy (non-hydrogen) atoms. The highest BCUT2D eigenvalue weighted by molar-refractivity contribution is 6.36. The van der Waals surface area contributed by atoms with Gasteiger partial charge in [0.2, 0.25) is 5.91 Å². The molecule has 0 fully saturated rings. The lowest BCUT2D eigenvalue weighted by Crippen LogP contribution is -2.53. The Morgan fingerprint density at radius 1 is 0.919 bits per heavy atom. The summed E-state index contributed by atoms with van der Waals surface area (Å²) in [5.41, 5.74) is 1.44. The summed E-state index contributed by atoms with van der Waals surface area (Å²) >= 11 is 25.1. The van der Waals surface area contributed by atoms with Crippen molar-refractivity contribution < 1.29 is 14.3 Å². The number of ether oxygens (including phenoxy) is 1. The minimum atomic E-state index is -0.847. The van der Waals surface area contributed by atoms with E-state index in [-0.39, 0.29) is 30.1 Å². The zero-order chi connectivity index (χ0) is 26.9. The van der Waals surface area contributed by atoms with Gasteiger partial charge in [0.05, 0.1) is 5.02 Å². The van der Waals surface area contributed by atoms with Gasteiger partial charge in [-0.05, 0) is 49.2 Å². The molecule has 2 amide bonds. The monoisotopic (exact) mass is 580 g/mol. The lowest BCUT2D eigenvalue weighted by molar-refractivity contribution is -0.143. The van der Waals surface area contributed by atoms with Crippen LogP contribution in [-0.2, 0) is 22.6 Å². The van der Waals surface area contributed by atoms with Gasteiger partial charge in [-0.25, -0.2) is 0 Å². The minimum absolute atomic E-state index is 0.0144. The molecule has 0 aliphatic carbocycles. The van der Waals surface area contributed by atoms with E-state index in [9.17, 15) is 9.59 Å². The highest BCUT2D eigenvalue weighted by Gasteiger charge is 2.32. The fourth-order valence-electron chi connectivity index (χ4n) is 3.66. The zero-order valence-electron chi connectivity index (χ0n) is 20.5. The van der Waals surface area contributed by atoms with Gasteiger partial charge in [0, 0.05) is 39.6 Å². The summed E-state index contributed by atoms with van der Waals surface area (Å²) in [6, 6.07) is 18.4. The summed E-state index contributed by atoms with van der Waals surface area (Å²) in [4.78, 5) is 28.7. The number of halogens is 4. The Bertz CT molecular complexity index is 1200. The standard InChI is InChI=1S/C28H28Cl4N2O3/c1-3-18(2)33-28(36)25(14-19-8-5-4-6-9-19)34(16-21-22(30)10-7-11-23(21)31)27(35)17-37-26-13-12-20(29)15-24(26)32/h4-13,15,18,25H,3,14,16-17H2,1-2H3,(H,33,36)/t18-,25-/m1/s1. The molecule has 2 atom stereocenters. The Morgan fingerprint density at radius 3 is 2.22 bits per heavy atom. The lowest BCUT2D eigenvalue weighted by Gasteiger charge is -2.32. The molecule has 0 unspecified atom stereocenters. The number of benzene rings is 3. The van der Waals surface area contributed by atoms with Gasteiger partial charge in [-0.2, -0.15) is 0 Å². The number of amides is 2. The summed E-state index contributed by atoms with van der Waals surface area (Å²) in [6.07, 6.45) is 1.03. The molecule has 3 aromatic rings. The molecular formula is C28H28Cl4N2O3. The molecule has 0 aliphatic rings. The van der Waals surface area contributed by atoms with Crippen LogP contribution < -0.4 is 10.1 Å². The molecule has 0 heterocycles. The molecule has 0 bridgehead atoms. The SMILES string of the molecule is CC[C@@H](C)NC(=O)[C@@H](Cc1ccccc1)N(Cc1c(Cl)cccc1Cl)C(=O)COc1ccc(Cl)cc1Cl. The second-order valence-corrected chi connectivity index (χ2v) is 10.3. The summed E-state index contributed by atoms with van der Waals surface area (Å²) < 4.78 is 5.74. The number of hydrogen-bond acceptors (Lipinski definition) is 3. The fourth-order valence-corrected chi connectivity index (χ4v) is 4.64. The highest BCUT2D eigenvalue weighted by atomic mass is 35.5. The van der Waals surface area contributed by atoms with Crippen molar-refractivity contribution >= 4 is 58.2 Å². The van der Waals surface area contributed by atoms with E-state index in [4.69, 9.17) is 51.1 Å². The third-order valence-electron chi connectivity index (χ3n) is 5.91. The summed E-state index contributed by atoms with van der Waals surface area (Å²) in [7, 11) is 0. The van der Waals surface area contributed by atoms with E-state index in [2.05, 4.69) is 5.32 Å². The van der Waals surface area contributed by atoms with E-state index in [0.29, 0.717) is 32.8 Å². The van der Waals surface area contributed by atoms with Gasteiger partial charge < -0.3 is 15.0 Å². The Labute approximate surface area is 237 Å². The van der Waals surface area contributed by atoms with Crippen LogP contribution in [0.4, 0.5) is 0 Å². The van der Waals surface area contributed by atoms with E-state index < -0.39 is 11.9 Å². The number of rotatable bonds is 11. The number of nitrogens with zero attached hydrogens (tertiary/aromatic N) is 1. The molecule has 1 N–H and O–H groups in total. The Morgan fingerprint density at radius 2 is 1.59 bits per heavy atom. The quantitative estimate of drug-likeness (QED) is 0.260. The number of nitrogens with one attached hydrogen (secondary N) is 1. The highest BCUT2D eigenvalue weighted by Crippen LogP contribution is 2.29. The van der Waals surface area contributed by atoms with Gasteiger partial charge in [0.15, 0.2) is 6.61 Å². The van der Waals surface area contributed by atoms with E-state index >= 15 is 0 Å². The van der Waals surface area contributed by atoms with Crippen molar-refractivity contribution in [2.75, 3.05) is 6.61 Å². The Kier molecular flexibility index (Phi) is 11.0. The first-order chi connectivity index (χ1) is 17.7. The third kappa shape index (κ3) is 8.27. The third-order valence-corrected chi connectivity index (χ3v) is 7.15. The van der Waals surface area contributed by atoms with Crippen molar-refractivity contribution in [3.05, 3.63) is 97.9 Å². The Balaban J connectivity index is 1.97. The van der Waals surface area contributed by atoms with Crippen LogP contribution in [0.25, 0.3) is 0 Å². The van der Waals surface area contributed by atoms with Crippen LogP contribution in [0.15, 0.2) is 66.7 Å². The van der Waals surface area contributed by atoms with Crippen LogP contribution in [0.3, 0.4) is 0 Å². The maximum atomic E-state index is 13.7. The van der Waals surface area contributed by atoms with Crippen LogP contribution in [0.1, 0.15) is 31.4 Å². The van der Waals surface area contributed by atoms with Gasteiger partial charge in [-0.15, -0.1) is 0 Å².